The van der Waals surface area contributed by atoms with Gasteiger partial charge >= 0.3 is 0 Å². The van der Waals surface area contributed by atoms with Crippen LogP contribution in [0, 0.1) is 25.7 Å². The Bertz CT molecular complexity index is 820. The lowest BCUT2D eigenvalue weighted by atomic mass is 9.79. The van der Waals surface area contributed by atoms with Gasteiger partial charge in [-0.3, -0.25) is 0 Å². The van der Waals surface area contributed by atoms with E-state index in [0.717, 1.165) is 24.3 Å². The van der Waals surface area contributed by atoms with E-state index in [1.165, 1.54) is 11.1 Å². The minimum atomic E-state index is -0.419. The van der Waals surface area contributed by atoms with Crippen LogP contribution in [0.15, 0.2) is 30.6 Å². The van der Waals surface area contributed by atoms with Gasteiger partial charge in [0.15, 0.2) is 0 Å². The Morgan fingerprint density at radius 2 is 2.04 bits per heavy atom. The van der Waals surface area contributed by atoms with Crippen molar-refractivity contribution in [2.45, 2.75) is 31.8 Å². The number of hydrogen-bond donors (Lipinski definition) is 3. The topological polar surface area (TPSA) is 73.6 Å². The second-order valence-electron chi connectivity index (χ2n) is 8.39. The van der Waals surface area contributed by atoms with Crippen molar-refractivity contribution in [3.05, 3.63) is 47.3 Å². The summed E-state index contributed by atoms with van der Waals surface area (Å²) >= 11 is 0. The van der Waals surface area contributed by atoms with E-state index < -0.39 is 5.54 Å². The minimum absolute atomic E-state index is 0.0460. The lowest BCUT2D eigenvalue weighted by Crippen LogP contribution is -2.51. The first-order chi connectivity index (χ1) is 13.0. The number of nitrogens with one attached hydrogen (secondary N) is 1. The van der Waals surface area contributed by atoms with Crippen LogP contribution in [0.2, 0.25) is 0 Å². The van der Waals surface area contributed by atoms with E-state index >= 15 is 0 Å². The van der Waals surface area contributed by atoms with Gasteiger partial charge in [0, 0.05) is 43.0 Å². The summed E-state index contributed by atoms with van der Waals surface area (Å²) in [6.45, 7) is 6.29. The molecule has 0 aliphatic carbocycles. The number of fused-ring (bicyclic) bond motifs is 1. The maximum absolute atomic E-state index is 10.2. The first-order valence-corrected chi connectivity index (χ1v) is 9.77. The number of aryl methyl sites for hydroxylation is 2. The highest BCUT2D eigenvalue weighted by Crippen LogP contribution is 2.48. The van der Waals surface area contributed by atoms with Crippen molar-refractivity contribution in [3.8, 4) is 5.69 Å². The zero-order valence-electron chi connectivity index (χ0n) is 16.4. The van der Waals surface area contributed by atoms with Crippen LogP contribution in [-0.2, 0) is 0 Å². The molecule has 2 fully saturated rings. The van der Waals surface area contributed by atoms with Gasteiger partial charge in [-0.15, -0.1) is 0 Å². The molecule has 0 radical (unpaired) electrons. The van der Waals surface area contributed by atoms with Gasteiger partial charge in [-0.2, -0.15) is 5.10 Å². The zero-order valence-corrected chi connectivity index (χ0v) is 16.4. The summed E-state index contributed by atoms with van der Waals surface area (Å²) in [6, 6.07) is 6.51. The Hall–Kier alpha value is -1.73. The third kappa shape index (κ3) is 3.10. The molecule has 0 unspecified atom stereocenters. The first kappa shape index (κ1) is 18.6. The van der Waals surface area contributed by atoms with Crippen LogP contribution < -0.4 is 5.32 Å². The van der Waals surface area contributed by atoms with Crippen LogP contribution in [0.1, 0.15) is 29.2 Å². The number of aromatic nitrogens is 2. The van der Waals surface area contributed by atoms with Gasteiger partial charge in [0.05, 0.1) is 18.5 Å². The molecule has 27 heavy (non-hydrogen) atoms. The normalized spacial score (nSPS) is 30.8. The predicted molar refractivity (Wildman–Crippen MR) is 105 cm³/mol. The quantitative estimate of drug-likeness (QED) is 0.742. The maximum atomic E-state index is 10.2. The minimum Gasteiger partial charge on any atom is -0.396 e. The molecule has 4 atom stereocenters. The van der Waals surface area contributed by atoms with Gasteiger partial charge in [-0.25, -0.2) is 4.68 Å². The van der Waals surface area contributed by atoms with E-state index in [4.69, 9.17) is 0 Å². The standard InChI is InChI=1S/C21H30N4O2/c1-14-4-5-17(8-15(14)2)25-10-16(9-22-25)20-18-11-24(3)12-19(18)21(13-27,23-20)6-7-26/h4-5,8-10,18-20,23,26-27H,6-7,11-13H2,1-3H3/t18-,19+,20-,21+/m1/s1. The summed E-state index contributed by atoms with van der Waals surface area (Å²) in [6.07, 6.45) is 4.61. The van der Waals surface area contributed by atoms with Crippen molar-refractivity contribution in [1.82, 2.24) is 20.0 Å². The van der Waals surface area contributed by atoms with E-state index in [9.17, 15) is 10.2 Å². The zero-order chi connectivity index (χ0) is 19.2. The fourth-order valence-corrected chi connectivity index (χ4v) is 5.02. The number of hydrogen-bond acceptors (Lipinski definition) is 5. The molecule has 0 saturated carbocycles. The summed E-state index contributed by atoms with van der Waals surface area (Å²) in [5.41, 5.74) is 4.32. The average Bonchev–Trinajstić information content (AvgIpc) is 3.33. The Kier molecular flexibility index (Phi) is 4.84. The van der Waals surface area contributed by atoms with Gasteiger partial charge in [-0.05, 0) is 62.4 Å². The molecule has 1 aromatic carbocycles. The van der Waals surface area contributed by atoms with Gasteiger partial charge < -0.3 is 20.4 Å². The van der Waals surface area contributed by atoms with Crippen LogP contribution in [0.4, 0.5) is 0 Å². The molecule has 6 nitrogen and oxygen atoms in total. The van der Waals surface area contributed by atoms with Crippen molar-refractivity contribution >= 4 is 0 Å². The molecule has 2 aliphatic rings. The second kappa shape index (κ2) is 7.02. The van der Waals surface area contributed by atoms with E-state index in [0.29, 0.717) is 18.3 Å². The smallest absolute Gasteiger partial charge is 0.0648 e. The summed E-state index contributed by atoms with van der Waals surface area (Å²) in [7, 11) is 2.13. The highest BCUT2D eigenvalue weighted by molar-refractivity contribution is 5.39. The lowest BCUT2D eigenvalue weighted by molar-refractivity contribution is 0.0993. The Morgan fingerprint density at radius 1 is 1.22 bits per heavy atom. The van der Waals surface area contributed by atoms with Crippen LogP contribution in [0.3, 0.4) is 0 Å². The number of aliphatic hydroxyl groups excluding tert-OH is 2. The molecular formula is C21H30N4O2. The SMILES string of the molecule is Cc1ccc(-n2cc([C@H]3N[C@](CO)(CCO)[C@H]4CN(C)C[C@@H]34)cn2)cc1C. The summed E-state index contributed by atoms with van der Waals surface area (Å²) in [5, 5.41) is 28.1. The third-order valence-corrected chi connectivity index (χ3v) is 6.69. The monoisotopic (exact) mass is 370 g/mol. The lowest BCUT2D eigenvalue weighted by Gasteiger charge is -2.33. The van der Waals surface area contributed by atoms with E-state index in [1.54, 1.807) is 0 Å². The highest BCUT2D eigenvalue weighted by atomic mass is 16.3. The number of benzene rings is 1. The summed E-state index contributed by atoms with van der Waals surface area (Å²) < 4.78 is 1.93. The van der Waals surface area contributed by atoms with E-state index in [1.807, 2.05) is 10.9 Å². The molecule has 1 aromatic heterocycles. The molecule has 2 aromatic rings. The number of aliphatic hydroxyl groups is 2. The Balaban J connectivity index is 1.65. The van der Waals surface area contributed by atoms with Crippen LogP contribution >= 0.6 is 0 Å². The third-order valence-electron chi connectivity index (χ3n) is 6.69. The average molecular weight is 370 g/mol. The maximum Gasteiger partial charge on any atom is 0.0648 e. The Morgan fingerprint density at radius 3 is 2.74 bits per heavy atom. The van der Waals surface area contributed by atoms with E-state index in [-0.39, 0.29) is 19.3 Å². The number of rotatable bonds is 5. The van der Waals surface area contributed by atoms with Crippen molar-refractivity contribution in [3.63, 3.8) is 0 Å². The van der Waals surface area contributed by atoms with Gasteiger partial charge in [0.2, 0.25) is 0 Å². The number of likely N-dealkylation sites (tertiary alicyclic amines) is 1. The molecular weight excluding hydrogens is 340 g/mol. The van der Waals surface area contributed by atoms with Gasteiger partial charge in [0.25, 0.3) is 0 Å². The summed E-state index contributed by atoms with van der Waals surface area (Å²) in [5.74, 6) is 0.737. The van der Waals surface area contributed by atoms with Crippen molar-refractivity contribution in [2.75, 3.05) is 33.4 Å². The molecule has 3 N–H and O–H groups in total. The molecule has 4 rings (SSSR count). The number of nitrogens with zero attached hydrogens (tertiary/aromatic N) is 3. The molecule has 3 heterocycles. The fraction of sp³-hybridized carbons (Fsp3) is 0.571. The van der Waals surface area contributed by atoms with Gasteiger partial charge in [0.1, 0.15) is 0 Å². The van der Waals surface area contributed by atoms with Crippen molar-refractivity contribution < 1.29 is 10.2 Å². The summed E-state index contributed by atoms with van der Waals surface area (Å²) in [4.78, 5) is 2.33. The van der Waals surface area contributed by atoms with Crippen LogP contribution in [0.5, 0.6) is 0 Å². The molecule has 0 spiro atoms. The molecule has 2 saturated heterocycles. The van der Waals surface area contributed by atoms with E-state index in [2.05, 4.69) is 60.6 Å². The highest BCUT2D eigenvalue weighted by Gasteiger charge is 2.56. The van der Waals surface area contributed by atoms with Crippen LogP contribution in [-0.4, -0.2) is 63.8 Å². The van der Waals surface area contributed by atoms with Gasteiger partial charge in [-0.1, -0.05) is 6.07 Å². The second-order valence-corrected chi connectivity index (χ2v) is 8.39. The molecule has 0 amide bonds. The largest absolute Gasteiger partial charge is 0.396 e. The van der Waals surface area contributed by atoms with Crippen molar-refractivity contribution in [1.29, 1.82) is 0 Å². The predicted octanol–water partition coefficient (Wildman–Crippen LogP) is 1.42. The van der Waals surface area contributed by atoms with Crippen molar-refractivity contribution in [2.24, 2.45) is 11.8 Å². The molecule has 2 aliphatic heterocycles. The molecule has 146 valence electrons. The van der Waals surface area contributed by atoms with Crippen LogP contribution in [0.25, 0.3) is 5.69 Å². The Labute approximate surface area is 160 Å². The molecule has 6 heteroatoms. The molecule has 0 bridgehead atoms. The first-order valence-electron chi connectivity index (χ1n) is 9.77. The fourth-order valence-electron chi connectivity index (χ4n) is 5.02.